The van der Waals surface area contributed by atoms with Crippen molar-refractivity contribution in [3.63, 3.8) is 0 Å². The first kappa shape index (κ1) is 15.5. The van der Waals surface area contributed by atoms with Gasteiger partial charge in [-0.1, -0.05) is 26.0 Å². The lowest BCUT2D eigenvalue weighted by atomic mass is 10.0. The lowest BCUT2D eigenvalue weighted by molar-refractivity contribution is 0.453. The van der Waals surface area contributed by atoms with Gasteiger partial charge in [0.15, 0.2) is 0 Å². The van der Waals surface area contributed by atoms with E-state index in [4.69, 9.17) is 9.88 Å². The number of primary sulfonamides is 1. The Balaban J connectivity index is 2.32. The molecule has 112 valence electrons. The summed E-state index contributed by atoms with van der Waals surface area (Å²) < 4.78 is 28.1. The molecule has 1 heterocycles. The van der Waals surface area contributed by atoms with Crippen LogP contribution in [0.2, 0.25) is 0 Å². The van der Waals surface area contributed by atoms with E-state index < -0.39 is 10.0 Å². The van der Waals surface area contributed by atoms with Gasteiger partial charge in [0, 0.05) is 6.07 Å². The smallest absolute Gasteiger partial charge is 0.239 e. The van der Waals surface area contributed by atoms with Crippen LogP contribution in [0, 0.1) is 6.92 Å². The number of hydrogen-bond acceptors (Lipinski definition) is 4. The van der Waals surface area contributed by atoms with E-state index in [-0.39, 0.29) is 4.90 Å². The summed E-state index contributed by atoms with van der Waals surface area (Å²) in [6.45, 7) is 6.14. The number of ether oxygens (including phenoxy) is 1. The third kappa shape index (κ3) is 3.80. The van der Waals surface area contributed by atoms with Crippen molar-refractivity contribution in [2.75, 3.05) is 0 Å². The molecule has 0 saturated carbocycles. The number of nitrogens with zero attached hydrogens (tertiary/aromatic N) is 1. The number of benzene rings is 1. The summed E-state index contributed by atoms with van der Waals surface area (Å²) in [6, 6.07) is 8.85. The first-order chi connectivity index (χ1) is 9.77. The van der Waals surface area contributed by atoms with Crippen LogP contribution < -0.4 is 9.88 Å². The minimum absolute atomic E-state index is 0.0387. The average molecular weight is 306 g/mol. The van der Waals surface area contributed by atoms with Crippen LogP contribution in [0.4, 0.5) is 0 Å². The van der Waals surface area contributed by atoms with Gasteiger partial charge in [-0.2, -0.15) is 0 Å². The molecule has 0 spiro atoms. The van der Waals surface area contributed by atoms with Gasteiger partial charge in [0.2, 0.25) is 15.9 Å². The summed E-state index contributed by atoms with van der Waals surface area (Å²) in [4.78, 5) is 3.95. The Morgan fingerprint density at radius 3 is 2.43 bits per heavy atom. The van der Waals surface area contributed by atoms with Crippen LogP contribution in [0.1, 0.15) is 30.9 Å². The summed E-state index contributed by atoms with van der Waals surface area (Å²) in [5, 5.41) is 5.03. The van der Waals surface area contributed by atoms with Gasteiger partial charge in [-0.3, -0.25) is 0 Å². The first-order valence-electron chi connectivity index (χ1n) is 6.54. The van der Waals surface area contributed by atoms with Gasteiger partial charge in [0.1, 0.15) is 10.6 Å². The number of aromatic nitrogens is 1. The molecular formula is C15H18N2O3S. The quantitative estimate of drug-likeness (QED) is 0.941. The van der Waals surface area contributed by atoms with E-state index in [2.05, 4.69) is 18.8 Å². The summed E-state index contributed by atoms with van der Waals surface area (Å²) in [5.74, 6) is 1.36. The van der Waals surface area contributed by atoms with Crippen LogP contribution in [0.15, 0.2) is 41.4 Å². The maximum atomic E-state index is 11.2. The predicted octanol–water partition coefficient (Wildman–Crippen LogP) is 2.95. The molecule has 1 aromatic heterocycles. The predicted molar refractivity (Wildman–Crippen MR) is 81.0 cm³/mol. The second-order valence-corrected chi connectivity index (χ2v) is 6.74. The number of sulfonamides is 1. The molecule has 0 bridgehead atoms. The number of hydrogen-bond donors (Lipinski definition) is 1. The van der Waals surface area contributed by atoms with E-state index >= 15 is 0 Å². The van der Waals surface area contributed by atoms with Gasteiger partial charge in [0.25, 0.3) is 0 Å². The Morgan fingerprint density at radius 2 is 1.90 bits per heavy atom. The van der Waals surface area contributed by atoms with Crippen molar-refractivity contribution in [1.29, 1.82) is 0 Å². The van der Waals surface area contributed by atoms with Crippen LogP contribution in [0.25, 0.3) is 0 Å². The molecule has 2 aromatic rings. The molecule has 2 rings (SSSR count). The zero-order valence-electron chi connectivity index (χ0n) is 12.2. The van der Waals surface area contributed by atoms with Crippen LogP contribution >= 0.6 is 0 Å². The van der Waals surface area contributed by atoms with Crippen LogP contribution in [-0.2, 0) is 10.0 Å². The van der Waals surface area contributed by atoms with E-state index in [1.807, 2.05) is 25.1 Å². The molecule has 21 heavy (non-hydrogen) atoms. The zero-order chi connectivity index (χ0) is 15.6. The number of rotatable bonds is 4. The van der Waals surface area contributed by atoms with Gasteiger partial charge in [-0.05, 0) is 36.1 Å². The Bertz CT molecular complexity index is 738. The SMILES string of the molecule is Cc1ccc(C(C)C)c(Oc2ccc(S(N)(=O)=O)cn2)c1. The molecule has 5 nitrogen and oxygen atoms in total. The van der Waals surface area contributed by atoms with Gasteiger partial charge in [0.05, 0.1) is 6.20 Å². The largest absolute Gasteiger partial charge is 0.439 e. The van der Waals surface area contributed by atoms with Crippen molar-refractivity contribution in [3.8, 4) is 11.6 Å². The Morgan fingerprint density at radius 1 is 1.19 bits per heavy atom. The normalized spacial score (nSPS) is 11.7. The Labute approximate surface area is 124 Å². The van der Waals surface area contributed by atoms with Crippen LogP contribution in [0.5, 0.6) is 11.6 Å². The molecule has 0 unspecified atom stereocenters. The minimum Gasteiger partial charge on any atom is -0.439 e. The third-order valence-corrected chi connectivity index (χ3v) is 3.94. The monoisotopic (exact) mass is 306 g/mol. The second-order valence-electron chi connectivity index (χ2n) is 5.18. The maximum Gasteiger partial charge on any atom is 0.239 e. The highest BCUT2D eigenvalue weighted by Gasteiger charge is 2.11. The van der Waals surface area contributed by atoms with Crippen molar-refractivity contribution in [2.24, 2.45) is 5.14 Å². The number of nitrogens with two attached hydrogens (primary N) is 1. The highest BCUT2D eigenvalue weighted by molar-refractivity contribution is 7.89. The maximum absolute atomic E-state index is 11.2. The summed E-state index contributed by atoms with van der Waals surface area (Å²) in [5.41, 5.74) is 2.15. The zero-order valence-corrected chi connectivity index (χ0v) is 13.0. The first-order valence-corrected chi connectivity index (χ1v) is 8.09. The summed E-state index contributed by atoms with van der Waals surface area (Å²) in [7, 11) is -3.74. The lowest BCUT2D eigenvalue weighted by Gasteiger charge is -2.14. The van der Waals surface area contributed by atoms with Crippen molar-refractivity contribution in [2.45, 2.75) is 31.6 Å². The van der Waals surface area contributed by atoms with Crippen molar-refractivity contribution in [1.82, 2.24) is 4.98 Å². The summed E-state index contributed by atoms with van der Waals surface area (Å²) >= 11 is 0. The van der Waals surface area contributed by atoms with Crippen molar-refractivity contribution < 1.29 is 13.2 Å². The topological polar surface area (TPSA) is 82.3 Å². The molecule has 0 aliphatic heterocycles. The molecule has 1 aromatic carbocycles. The van der Waals surface area contributed by atoms with Crippen molar-refractivity contribution >= 4 is 10.0 Å². The number of pyridine rings is 1. The molecular weight excluding hydrogens is 288 g/mol. The van der Waals surface area contributed by atoms with E-state index in [0.717, 1.165) is 16.9 Å². The molecule has 0 radical (unpaired) electrons. The Kier molecular flexibility index (Phi) is 4.29. The van der Waals surface area contributed by atoms with Gasteiger partial charge in [-0.25, -0.2) is 18.5 Å². The second kappa shape index (κ2) is 5.83. The average Bonchev–Trinajstić information content (AvgIpc) is 2.38. The fourth-order valence-electron chi connectivity index (χ4n) is 1.92. The molecule has 0 atom stereocenters. The molecule has 0 amide bonds. The fraction of sp³-hybridized carbons (Fsp3) is 0.267. The van der Waals surface area contributed by atoms with Gasteiger partial charge < -0.3 is 4.74 Å². The molecule has 0 aliphatic carbocycles. The van der Waals surface area contributed by atoms with Gasteiger partial charge >= 0.3 is 0 Å². The van der Waals surface area contributed by atoms with E-state index in [0.29, 0.717) is 11.8 Å². The van der Waals surface area contributed by atoms with E-state index in [9.17, 15) is 8.42 Å². The highest BCUT2D eigenvalue weighted by Crippen LogP contribution is 2.30. The number of aryl methyl sites for hydroxylation is 1. The van der Waals surface area contributed by atoms with E-state index in [1.165, 1.54) is 18.3 Å². The van der Waals surface area contributed by atoms with Crippen LogP contribution in [0.3, 0.4) is 0 Å². The lowest BCUT2D eigenvalue weighted by Crippen LogP contribution is -2.12. The molecule has 0 aliphatic rings. The highest BCUT2D eigenvalue weighted by atomic mass is 32.2. The molecule has 0 fully saturated rings. The standard InChI is InChI=1S/C15H18N2O3S/c1-10(2)13-6-4-11(3)8-14(13)20-15-7-5-12(9-17-15)21(16,18)19/h4-10H,1-3H3,(H2,16,18,19). The molecule has 2 N–H and O–H groups in total. The van der Waals surface area contributed by atoms with Crippen molar-refractivity contribution in [3.05, 3.63) is 47.7 Å². The van der Waals surface area contributed by atoms with E-state index in [1.54, 1.807) is 0 Å². The molecule has 0 saturated heterocycles. The molecule has 6 heteroatoms. The third-order valence-electron chi connectivity index (χ3n) is 3.04. The van der Waals surface area contributed by atoms with Gasteiger partial charge in [-0.15, -0.1) is 0 Å². The van der Waals surface area contributed by atoms with Crippen LogP contribution in [-0.4, -0.2) is 13.4 Å². The summed E-state index contributed by atoms with van der Waals surface area (Å²) in [6.07, 6.45) is 1.19. The Hall–Kier alpha value is -1.92. The fourth-order valence-corrected chi connectivity index (χ4v) is 2.37. The minimum atomic E-state index is -3.74.